The van der Waals surface area contributed by atoms with Gasteiger partial charge in [0.2, 0.25) is 0 Å². The molecule has 2 N–H and O–H groups in total. The van der Waals surface area contributed by atoms with E-state index in [9.17, 15) is 14.7 Å². The van der Waals surface area contributed by atoms with E-state index in [1.54, 1.807) is 19.1 Å². The minimum Gasteiger partial charge on any atom is -0.508 e. The molecular weight excluding hydrogens is 248 g/mol. The van der Waals surface area contributed by atoms with Crippen molar-refractivity contribution in [1.82, 2.24) is 0 Å². The van der Waals surface area contributed by atoms with E-state index in [2.05, 4.69) is 0 Å². The molecular formula is C14H16O5. The second kappa shape index (κ2) is 4.91. The van der Waals surface area contributed by atoms with Crippen molar-refractivity contribution in [2.24, 2.45) is 11.3 Å². The number of carboxylic acid groups (broad SMARTS) is 1. The highest BCUT2D eigenvalue weighted by molar-refractivity contribution is 5.90. The molecule has 0 amide bonds. The molecule has 2 atom stereocenters. The molecule has 1 aliphatic carbocycles. The van der Waals surface area contributed by atoms with Crippen LogP contribution in [-0.2, 0) is 20.7 Å². The quantitative estimate of drug-likeness (QED) is 0.789. The third kappa shape index (κ3) is 2.54. The number of rotatable bonds is 5. The molecule has 19 heavy (non-hydrogen) atoms. The predicted octanol–water partition coefficient (Wildman–Crippen LogP) is 1.59. The molecule has 1 aromatic rings. The van der Waals surface area contributed by atoms with E-state index in [4.69, 9.17) is 9.84 Å². The monoisotopic (exact) mass is 264 g/mol. The van der Waals surface area contributed by atoms with Crippen LogP contribution in [0.2, 0.25) is 0 Å². The fourth-order valence-electron chi connectivity index (χ4n) is 2.37. The molecule has 1 aromatic carbocycles. The summed E-state index contributed by atoms with van der Waals surface area (Å²) in [6.45, 7) is 1.94. The van der Waals surface area contributed by atoms with Gasteiger partial charge in [-0.25, -0.2) is 0 Å². The smallest absolute Gasteiger partial charge is 0.313 e. The Morgan fingerprint density at radius 2 is 2.00 bits per heavy atom. The summed E-state index contributed by atoms with van der Waals surface area (Å²) in [6, 6.07) is 6.42. The van der Waals surface area contributed by atoms with Gasteiger partial charge in [0.15, 0.2) is 0 Å². The van der Waals surface area contributed by atoms with E-state index in [-0.39, 0.29) is 12.4 Å². The lowest BCUT2D eigenvalue weighted by Gasteiger charge is -2.15. The van der Waals surface area contributed by atoms with E-state index < -0.39 is 23.3 Å². The number of carboxylic acids is 1. The molecule has 5 heteroatoms. The van der Waals surface area contributed by atoms with Crippen molar-refractivity contribution in [3.05, 3.63) is 29.8 Å². The molecule has 1 saturated carbocycles. The van der Waals surface area contributed by atoms with Gasteiger partial charge >= 0.3 is 11.9 Å². The number of ether oxygens (including phenoxy) is 1. The number of carbonyl (C=O) groups excluding carboxylic acids is 1. The predicted molar refractivity (Wildman–Crippen MR) is 66.6 cm³/mol. The minimum atomic E-state index is -0.966. The number of carbonyl (C=O) groups is 2. The van der Waals surface area contributed by atoms with Gasteiger partial charge in [0, 0.05) is 0 Å². The Balaban J connectivity index is 2.18. The molecule has 0 bridgehead atoms. The fourth-order valence-corrected chi connectivity index (χ4v) is 2.37. The molecule has 0 saturated heterocycles. The summed E-state index contributed by atoms with van der Waals surface area (Å²) in [6.07, 6.45) is 0.630. The minimum absolute atomic E-state index is 0.138. The highest BCUT2D eigenvalue weighted by Crippen LogP contribution is 2.55. The van der Waals surface area contributed by atoms with Crippen molar-refractivity contribution in [1.29, 1.82) is 0 Å². The molecule has 0 radical (unpaired) electrons. The summed E-state index contributed by atoms with van der Waals surface area (Å²) in [5.41, 5.74) is -0.131. The van der Waals surface area contributed by atoms with Crippen LogP contribution in [0, 0.1) is 11.3 Å². The van der Waals surface area contributed by atoms with E-state index in [0.29, 0.717) is 12.8 Å². The molecule has 1 aliphatic rings. The summed E-state index contributed by atoms with van der Waals surface area (Å²) in [4.78, 5) is 23.1. The van der Waals surface area contributed by atoms with Gasteiger partial charge in [0.1, 0.15) is 5.75 Å². The van der Waals surface area contributed by atoms with Crippen LogP contribution in [0.4, 0.5) is 0 Å². The molecule has 2 unspecified atom stereocenters. The second-order valence-corrected chi connectivity index (χ2v) is 4.81. The number of hydrogen-bond donors (Lipinski definition) is 2. The van der Waals surface area contributed by atoms with Gasteiger partial charge in [-0.3, -0.25) is 9.59 Å². The Labute approximate surface area is 110 Å². The molecule has 0 spiro atoms. The molecule has 1 fully saturated rings. The van der Waals surface area contributed by atoms with Crippen molar-refractivity contribution in [2.45, 2.75) is 19.8 Å². The van der Waals surface area contributed by atoms with Gasteiger partial charge in [-0.1, -0.05) is 12.1 Å². The molecule has 102 valence electrons. The zero-order chi connectivity index (χ0) is 14.0. The Hall–Kier alpha value is -2.04. The third-order valence-corrected chi connectivity index (χ3v) is 3.51. The number of hydrogen-bond acceptors (Lipinski definition) is 4. The first-order chi connectivity index (χ1) is 8.99. The van der Waals surface area contributed by atoms with E-state index in [0.717, 1.165) is 5.56 Å². The largest absolute Gasteiger partial charge is 0.508 e. The lowest BCUT2D eigenvalue weighted by atomic mass is 9.94. The van der Waals surface area contributed by atoms with Crippen LogP contribution in [0.5, 0.6) is 5.75 Å². The number of aromatic hydroxyl groups is 1. The standard InChI is InChI=1S/C14H16O5/c1-2-19-13(18)14(8-11(14)12(16)17)7-9-3-5-10(15)6-4-9/h3-6,11,15H,2,7-8H2,1H3,(H,16,17). The third-order valence-electron chi connectivity index (χ3n) is 3.51. The molecule has 0 aromatic heterocycles. The van der Waals surface area contributed by atoms with Crippen LogP contribution in [0.1, 0.15) is 18.9 Å². The normalized spacial score (nSPS) is 24.8. The zero-order valence-corrected chi connectivity index (χ0v) is 10.6. The fraction of sp³-hybridized carbons (Fsp3) is 0.429. The molecule has 2 rings (SSSR count). The topological polar surface area (TPSA) is 83.8 Å². The molecule has 0 heterocycles. The maximum absolute atomic E-state index is 12.0. The van der Waals surface area contributed by atoms with Gasteiger partial charge in [-0.05, 0) is 37.5 Å². The number of benzene rings is 1. The second-order valence-electron chi connectivity index (χ2n) is 4.81. The van der Waals surface area contributed by atoms with Gasteiger partial charge in [-0.15, -0.1) is 0 Å². The Bertz CT molecular complexity index is 493. The molecule has 5 nitrogen and oxygen atoms in total. The van der Waals surface area contributed by atoms with Gasteiger partial charge < -0.3 is 14.9 Å². The lowest BCUT2D eigenvalue weighted by Crippen LogP contribution is -2.26. The van der Waals surface area contributed by atoms with Crippen molar-refractivity contribution in [2.75, 3.05) is 6.61 Å². The van der Waals surface area contributed by atoms with Crippen LogP contribution in [0.3, 0.4) is 0 Å². The van der Waals surface area contributed by atoms with Gasteiger partial charge in [0.05, 0.1) is 17.9 Å². The van der Waals surface area contributed by atoms with Crippen LogP contribution < -0.4 is 0 Å². The SMILES string of the molecule is CCOC(=O)C1(Cc2ccc(O)cc2)CC1C(=O)O. The Morgan fingerprint density at radius 3 is 2.47 bits per heavy atom. The van der Waals surface area contributed by atoms with Crippen LogP contribution in [0.25, 0.3) is 0 Å². The first-order valence-corrected chi connectivity index (χ1v) is 6.17. The number of aliphatic carboxylic acids is 1. The number of phenolic OH excluding ortho intramolecular Hbond substituents is 1. The average Bonchev–Trinajstić information content (AvgIpc) is 3.09. The first-order valence-electron chi connectivity index (χ1n) is 6.17. The van der Waals surface area contributed by atoms with E-state index >= 15 is 0 Å². The Morgan fingerprint density at radius 1 is 1.37 bits per heavy atom. The van der Waals surface area contributed by atoms with Crippen LogP contribution >= 0.6 is 0 Å². The van der Waals surface area contributed by atoms with Gasteiger partial charge in [0.25, 0.3) is 0 Å². The maximum atomic E-state index is 12.0. The van der Waals surface area contributed by atoms with Gasteiger partial charge in [-0.2, -0.15) is 0 Å². The van der Waals surface area contributed by atoms with Crippen LogP contribution in [-0.4, -0.2) is 28.8 Å². The summed E-state index contributed by atoms with van der Waals surface area (Å²) in [5, 5.41) is 18.3. The Kier molecular flexibility index (Phi) is 3.46. The average molecular weight is 264 g/mol. The summed E-state index contributed by atoms with van der Waals surface area (Å²) < 4.78 is 4.99. The van der Waals surface area contributed by atoms with Crippen molar-refractivity contribution in [3.8, 4) is 5.75 Å². The summed E-state index contributed by atoms with van der Waals surface area (Å²) >= 11 is 0. The van der Waals surface area contributed by atoms with Crippen molar-refractivity contribution in [3.63, 3.8) is 0 Å². The lowest BCUT2D eigenvalue weighted by molar-refractivity contribution is -0.153. The van der Waals surface area contributed by atoms with Crippen molar-refractivity contribution < 1.29 is 24.5 Å². The number of phenols is 1. The van der Waals surface area contributed by atoms with Crippen LogP contribution in [0.15, 0.2) is 24.3 Å². The van der Waals surface area contributed by atoms with E-state index in [1.165, 1.54) is 12.1 Å². The first kappa shape index (κ1) is 13.4. The summed E-state index contributed by atoms with van der Waals surface area (Å²) in [5.74, 6) is -1.96. The molecule has 0 aliphatic heterocycles. The highest BCUT2D eigenvalue weighted by atomic mass is 16.5. The maximum Gasteiger partial charge on any atom is 0.313 e. The summed E-state index contributed by atoms with van der Waals surface area (Å²) in [7, 11) is 0. The van der Waals surface area contributed by atoms with E-state index in [1.807, 2.05) is 0 Å². The number of esters is 1. The highest BCUT2D eigenvalue weighted by Gasteiger charge is 2.64. The van der Waals surface area contributed by atoms with Crippen molar-refractivity contribution >= 4 is 11.9 Å². The zero-order valence-electron chi connectivity index (χ0n) is 10.6.